The summed E-state index contributed by atoms with van der Waals surface area (Å²) in [6.07, 6.45) is 1.47. The van der Waals surface area contributed by atoms with E-state index in [0.717, 1.165) is 5.56 Å². The van der Waals surface area contributed by atoms with Gasteiger partial charge in [-0.15, -0.1) is 0 Å². The quantitative estimate of drug-likeness (QED) is 0.696. The van der Waals surface area contributed by atoms with Gasteiger partial charge in [-0.1, -0.05) is 29.8 Å². The molecule has 26 heavy (non-hydrogen) atoms. The molecule has 0 unspecified atom stereocenters. The number of nitrogens with zero attached hydrogens (tertiary/aromatic N) is 2. The smallest absolute Gasteiger partial charge is 0.274 e. The number of halogens is 2. The Labute approximate surface area is 155 Å². The first kappa shape index (κ1) is 17.8. The molecule has 7 heteroatoms. The zero-order valence-electron chi connectivity index (χ0n) is 14.0. The minimum Gasteiger partial charge on any atom is -0.350 e. The lowest BCUT2D eigenvalue weighted by atomic mass is 10.2. The molecule has 0 spiro atoms. The molecule has 5 nitrogen and oxygen atoms in total. The van der Waals surface area contributed by atoms with E-state index in [2.05, 4.69) is 20.6 Å². The molecule has 1 heterocycles. The number of nitrogens with one attached hydrogen (secondary N) is 2. The minimum absolute atomic E-state index is 0.199. The van der Waals surface area contributed by atoms with Crippen LogP contribution in [0.15, 0.2) is 54.7 Å². The molecule has 2 N–H and O–H groups in total. The summed E-state index contributed by atoms with van der Waals surface area (Å²) in [4.78, 5) is 20.6. The molecular formula is C19H16ClFN4O. The first-order valence-corrected chi connectivity index (χ1v) is 8.28. The molecular weight excluding hydrogens is 355 g/mol. The van der Waals surface area contributed by atoms with Gasteiger partial charge in [0.1, 0.15) is 11.5 Å². The van der Waals surface area contributed by atoms with Crippen molar-refractivity contribution < 1.29 is 9.18 Å². The summed E-state index contributed by atoms with van der Waals surface area (Å²) in [5.74, 6) is -0.437. The number of rotatable bonds is 5. The third-order valence-electron chi connectivity index (χ3n) is 3.72. The highest BCUT2D eigenvalue weighted by molar-refractivity contribution is 6.30. The first-order valence-electron chi connectivity index (χ1n) is 7.91. The Hall–Kier alpha value is -2.99. The van der Waals surface area contributed by atoms with Gasteiger partial charge >= 0.3 is 0 Å². The molecule has 0 fully saturated rings. The molecule has 0 aliphatic rings. The van der Waals surface area contributed by atoms with E-state index >= 15 is 0 Å². The van der Waals surface area contributed by atoms with Crippen LogP contribution in [0.1, 0.15) is 21.6 Å². The van der Waals surface area contributed by atoms with E-state index in [1.807, 2.05) is 6.92 Å². The second-order valence-corrected chi connectivity index (χ2v) is 6.06. The van der Waals surface area contributed by atoms with Crippen molar-refractivity contribution in [2.24, 2.45) is 0 Å². The maximum Gasteiger partial charge on any atom is 0.274 e. The predicted octanol–water partition coefficient (Wildman–Crippen LogP) is 4.44. The summed E-state index contributed by atoms with van der Waals surface area (Å²) in [5, 5.41) is 6.31. The normalized spacial score (nSPS) is 10.4. The van der Waals surface area contributed by atoms with E-state index < -0.39 is 0 Å². The Morgan fingerprint density at radius 3 is 2.77 bits per heavy atom. The van der Waals surface area contributed by atoms with Crippen LogP contribution in [0.4, 0.5) is 16.0 Å². The van der Waals surface area contributed by atoms with Crippen LogP contribution in [0, 0.1) is 12.7 Å². The molecule has 3 rings (SSSR count). The monoisotopic (exact) mass is 370 g/mol. The van der Waals surface area contributed by atoms with E-state index in [-0.39, 0.29) is 29.9 Å². The van der Waals surface area contributed by atoms with Gasteiger partial charge in [-0.25, -0.2) is 14.4 Å². The van der Waals surface area contributed by atoms with Crippen molar-refractivity contribution in [1.29, 1.82) is 0 Å². The Kier molecular flexibility index (Phi) is 5.43. The van der Waals surface area contributed by atoms with E-state index in [9.17, 15) is 9.18 Å². The fourth-order valence-electron chi connectivity index (χ4n) is 2.34. The summed E-state index contributed by atoms with van der Waals surface area (Å²) < 4.78 is 13.7. The Morgan fingerprint density at radius 1 is 1.19 bits per heavy atom. The lowest BCUT2D eigenvalue weighted by Gasteiger charge is -2.10. The molecule has 3 aromatic rings. The van der Waals surface area contributed by atoms with Crippen molar-refractivity contribution in [2.75, 3.05) is 10.6 Å². The Morgan fingerprint density at radius 2 is 2.00 bits per heavy atom. The number of carbonyl (C=O) groups excluding carboxylic acids is 1. The zero-order chi connectivity index (χ0) is 18.5. The fraction of sp³-hybridized carbons (Fsp3) is 0.105. The van der Waals surface area contributed by atoms with Crippen LogP contribution in [0.5, 0.6) is 0 Å². The van der Waals surface area contributed by atoms with Crippen molar-refractivity contribution >= 4 is 29.1 Å². The van der Waals surface area contributed by atoms with Gasteiger partial charge in [0.05, 0.1) is 0 Å². The van der Waals surface area contributed by atoms with Gasteiger partial charge in [0.15, 0.2) is 0 Å². The lowest BCUT2D eigenvalue weighted by molar-refractivity contribution is 0.102. The minimum atomic E-state index is -0.369. The summed E-state index contributed by atoms with van der Waals surface area (Å²) in [6.45, 7) is 2.07. The SMILES string of the molecule is Cc1cc(Cl)ccc1NC(=O)c1ccnc(NCc2ccccc2F)n1. The third-order valence-corrected chi connectivity index (χ3v) is 3.95. The van der Waals surface area contributed by atoms with Gasteiger partial charge < -0.3 is 10.6 Å². The molecule has 132 valence electrons. The van der Waals surface area contributed by atoms with Gasteiger partial charge in [-0.2, -0.15) is 0 Å². The summed E-state index contributed by atoms with van der Waals surface area (Å²) in [7, 11) is 0. The Balaban J connectivity index is 1.70. The second-order valence-electron chi connectivity index (χ2n) is 5.62. The standard InChI is InChI=1S/C19H16ClFN4O/c1-12-10-14(20)6-7-16(12)24-18(26)17-8-9-22-19(25-17)23-11-13-4-2-3-5-15(13)21/h2-10H,11H2,1H3,(H,24,26)(H,22,23,25). The van der Waals surface area contributed by atoms with Gasteiger partial charge in [-0.05, 0) is 42.8 Å². The zero-order valence-corrected chi connectivity index (χ0v) is 14.7. The highest BCUT2D eigenvalue weighted by atomic mass is 35.5. The van der Waals surface area contributed by atoms with Crippen LogP contribution in [-0.4, -0.2) is 15.9 Å². The number of hydrogen-bond acceptors (Lipinski definition) is 4. The number of carbonyl (C=O) groups is 1. The number of aryl methyl sites for hydroxylation is 1. The van der Waals surface area contributed by atoms with Crippen LogP contribution in [0.25, 0.3) is 0 Å². The van der Waals surface area contributed by atoms with Crippen LogP contribution in [0.3, 0.4) is 0 Å². The molecule has 1 aromatic heterocycles. The Bertz CT molecular complexity index is 948. The van der Waals surface area contributed by atoms with Crippen LogP contribution < -0.4 is 10.6 Å². The van der Waals surface area contributed by atoms with Crippen molar-refractivity contribution in [3.8, 4) is 0 Å². The van der Waals surface area contributed by atoms with Crippen LogP contribution in [0.2, 0.25) is 5.02 Å². The average molecular weight is 371 g/mol. The lowest BCUT2D eigenvalue weighted by Crippen LogP contribution is -2.16. The molecule has 0 saturated carbocycles. The molecule has 0 radical (unpaired) electrons. The second kappa shape index (κ2) is 7.93. The van der Waals surface area contributed by atoms with E-state index in [1.165, 1.54) is 18.3 Å². The average Bonchev–Trinajstić information content (AvgIpc) is 2.63. The van der Waals surface area contributed by atoms with Crippen molar-refractivity contribution in [2.45, 2.75) is 13.5 Å². The van der Waals surface area contributed by atoms with E-state index in [4.69, 9.17) is 11.6 Å². The molecule has 1 amide bonds. The highest BCUT2D eigenvalue weighted by Crippen LogP contribution is 2.20. The van der Waals surface area contributed by atoms with E-state index in [1.54, 1.807) is 36.4 Å². The van der Waals surface area contributed by atoms with Crippen molar-refractivity contribution in [3.05, 3.63) is 82.4 Å². The van der Waals surface area contributed by atoms with Gasteiger partial charge in [0.25, 0.3) is 5.91 Å². The summed E-state index contributed by atoms with van der Waals surface area (Å²) in [6, 6.07) is 13.1. The molecule has 0 aliphatic carbocycles. The molecule has 0 atom stereocenters. The van der Waals surface area contributed by atoms with Crippen molar-refractivity contribution in [3.63, 3.8) is 0 Å². The molecule has 0 saturated heterocycles. The predicted molar refractivity (Wildman–Crippen MR) is 99.9 cm³/mol. The first-order chi connectivity index (χ1) is 12.5. The number of amides is 1. The maximum atomic E-state index is 13.7. The highest BCUT2D eigenvalue weighted by Gasteiger charge is 2.11. The van der Waals surface area contributed by atoms with Gasteiger partial charge in [-0.3, -0.25) is 4.79 Å². The summed E-state index contributed by atoms with van der Waals surface area (Å²) in [5.41, 5.74) is 2.19. The number of anilines is 2. The molecule has 0 bridgehead atoms. The fourth-order valence-corrected chi connectivity index (χ4v) is 2.57. The summed E-state index contributed by atoms with van der Waals surface area (Å²) >= 11 is 5.92. The number of aromatic nitrogens is 2. The maximum absolute atomic E-state index is 13.7. The molecule has 2 aromatic carbocycles. The third kappa shape index (κ3) is 4.34. The topological polar surface area (TPSA) is 66.9 Å². The number of benzene rings is 2. The van der Waals surface area contributed by atoms with Crippen LogP contribution >= 0.6 is 11.6 Å². The van der Waals surface area contributed by atoms with Gasteiger partial charge in [0.2, 0.25) is 5.95 Å². The largest absolute Gasteiger partial charge is 0.350 e. The molecule has 0 aliphatic heterocycles. The van der Waals surface area contributed by atoms with Gasteiger partial charge in [0, 0.05) is 29.0 Å². The van der Waals surface area contributed by atoms with Crippen LogP contribution in [-0.2, 0) is 6.54 Å². The van der Waals surface area contributed by atoms with Crippen molar-refractivity contribution in [1.82, 2.24) is 9.97 Å². The number of hydrogen-bond donors (Lipinski definition) is 2. The van der Waals surface area contributed by atoms with E-state index in [0.29, 0.717) is 16.3 Å².